The molecular formula is C27H26N4O5. The number of amides is 1. The van der Waals surface area contributed by atoms with Crippen LogP contribution >= 0.6 is 0 Å². The molecule has 0 radical (unpaired) electrons. The van der Waals surface area contributed by atoms with E-state index in [2.05, 4.69) is 10.5 Å². The Bertz CT molecular complexity index is 1530. The Morgan fingerprint density at radius 1 is 0.972 bits per heavy atom. The number of rotatable bonds is 7. The molecule has 0 saturated heterocycles. The Morgan fingerprint density at radius 3 is 2.28 bits per heavy atom. The van der Waals surface area contributed by atoms with E-state index in [1.165, 1.54) is 9.36 Å². The monoisotopic (exact) mass is 486 g/mol. The van der Waals surface area contributed by atoms with E-state index < -0.39 is 18.4 Å². The number of nitrogens with one attached hydrogen (secondary N) is 1. The highest BCUT2D eigenvalue weighted by Crippen LogP contribution is 2.18. The quantitative estimate of drug-likeness (QED) is 0.314. The zero-order chi connectivity index (χ0) is 26.0. The number of Topliss-reactive ketones (excluding diaryl/α,β-unsaturated/α-hetero) is 1. The van der Waals surface area contributed by atoms with Gasteiger partial charge in [-0.2, -0.15) is 5.10 Å². The van der Waals surface area contributed by atoms with E-state index in [0.717, 1.165) is 0 Å². The number of carbonyl (C=O) groups excluding carboxylic acids is 3. The maximum Gasteiger partial charge on any atom is 0.359 e. The molecule has 36 heavy (non-hydrogen) atoms. The lowest BCUT2D eigenvalue weighted by molar-refractivity contribution is 0.0468. The van der Waals surface area contributed by atoms with Crippen molar-refractivity contribution in [1.82, 2.24) is 14.5 Å². The number of hydrogen-bond donors (Lipinski definition) is 1. The van der Waals surface area contributed by atoms with Crippen LogP contribution in [0.3, 0.4) is 0 Å². The van der Waals surface area contributed by atoms with Gasteiger partial charge in [0.1, 0.15) is 0 Å². The van der Waals surface area contributed by atoms with Crippen LogP contribution in [0.5, 0.6) is 0 Å². The standard InChI is InChI=1S/C27H26N4O5/c1-16(2)30-26(34)21-13-9-8-12-20(21)24(28-30)27(35)36-15-23(32)22-14-17(3)31(18(22)4)29-25(33)19-10-6-5-7-11-19/h5-14,16H,15H2,1-4H3,(H,29,33). The summed E-state index contributed by atoms with van der Waals surface area (Å²) < 4.78 is 8.07. The van der Waals surface area contributed by atoms with Crippen molar-refractivity contribution >= 4 is 28.4 Å². The van der Waals surface area contributed by atoms with Crippen LogP contribution in [0, 0.1) is 13.8 Å². The zero-order valence-corrected chi connectivity index (χ0v) is 20.4. The van der Waals surface area contributed by atoms with E-state index in [1.807, 2.05) is 6.07 Å². The van der Waals surface area contributed by atoms with E-state index in [-0.39, 0.29) is 23.2 Å². The third-order valence-corrected chi connectivity index (χ3v) is 5.83. The van der Waals surface area contributed by atoms with Crippen molar-refractivity contribution in [3.63, 3.8) is 0 Å². The number of hydrogen-bond acceptors (Lipinski definition) is 6. The van der Waals surface area contributed by atoms with Gasteiger partial charge in [0, 0.05) is 27.9 Å². The van der Waals surface area contributed by atoms with Crippen LogP contribution in [0.2, 0.25) is 0 Å². The second kappa shape index (κ2) is 9.99. The normalized spacial score (nSPS) is 11.0. The van der Waals surface area contributed by atoms with Gasteiger partial charge in [0.05, 0.1) is 11.4 Å². The molecule has 9 nitrogen and oxygen atoms in total. The molecule has 4 rings (SSSR count). The number of nitrogens with zero attached hydrogens (tertiary/aromatic N) is 3. The van der Waals surface area contributed by atoms with Gasteiger partial charge in [0.25, 0.3) is 11.5 Å². The van der Waals surface area contributed by atoms with Gasteiger partial charge in [0.15, 0.2) is 12.3 Å². The molecule has 0 aliphatic heterocycles. The number of esters is 1. The average molecular weight is 487 g/mol. The van der Waals surface area contributed by atoms with Crippen LogP contribution in [-0.4, -0.2) is 38.7 Å². The topological polar surface area (TPSA) is 112 Å². The summed E-state index contributed by atoms with van der Waals surface area (Å²) in [5.41, 5.74) is 4.39. The fourth-order valence-electron chi connectivity index (χ4n) is 3.96. The van der Waals surface area contributed by atoms with Gasteiger partial charge in [-0.25, -0.2) is 9.48 Å². The molecule has 0 atom stereocenters. The molecule has 2 aromatic heterocycles. The third kappa shape index (κ3) is 4.68. The molecule has 2 aromatic carbocycles. The maximum absolute atomic E-state index is 12.9. The molecular weight excluding hydrogens is 460 g/mol. The van der Waals surface area contributed by atoms with E-state index in [4.69, 9.17) is 4.74 Å². The fraction of sp³-hybridized carbons (Fsp3) is 0.222. The van der Waals surface area contributed by atoms with E-state index >= 15 is 0 Å². The van der Waals surface area contributed by atoms with Gasteiger partial charge < -0.3 is 4.74 Å². The van der Waals surface area contributed by atoms with Crippen molar-refractivity contribution in [1.29, 1.82) is 0 Å². The van der Waals surface area contributed by atoms with E-state index in [9.17, 15) is 19.2 Å². The first-order valence-electron chi connectivity index (χ1n) is 11.5. The molecule has 1 N–H and O–H groups in total. The number of aryl methyl sites for hydroxylation is 1. The van der Waals surface area contributed by atoms with Crippen molar-refractivity contribution in [3.8, 4) is 0 Å². The summed E-state index contributed by atoms with van der Waals surface area (Å²) >= 11 is 0. The lowest BCUT2D eigenvalue weighted by atomic mass is 10.1. The molecule has 0 bridgehead atoms. The van der Waals surface area contributed by atoms with Crippen LogP contribution in [0.4, 0.5) is 0 Å². The van der Waals surface area contributed by atoms with Crippen molar-refractivity contribution in [3.05, 3.63) is 99.2 Å². The summed E-state index contributed by atoms with van der Waals surface area (Å²) in [7, 11) is 0. The van der Waals surface area contributed by atoms with Gasteiger partial charge in [-0.1, -0.05) is 36.4 Å². The number of aromatic nitrogens is 3. The minimum absolute atomic E-state index is 0.0349. The second-order valence-electron chi connectivity index (χ2n) is 8.66. The van der Waals surface area contributed by atoms with Crippen LogP contribution in [-0.2, 0) is 4.74 Å². The molecule has 0 fully saturated rings. The van der Waals surface area contributed by atoms with Crippen molar-refractivity contribution in [2.75, 3.05) is 12.0 Å². The Morgan fingerprint density at radius 2 is 1.61 bits per heavy atom. The highest BCUT2D eigenvalue weighted by molar-refractivity contribution is 6.05. The highest BCUT2D eigenvalue weighted by Gasteiger charge is 2.22. The summed E-state index contributed by atoms with van der Waals surface area (Å²) in [6.45, 7) is 6.50. The summed E-state index contributed by atoms with van der Waals surface area (Å²) in [6, 6.07) is 16.7. The predicted molar refractivity (Wildman–Crippen MR) is 135 cm³/mol. The minimum atomic E-state index is -0.805. The Balaban J connectivity index is 1.54. The molecule has 184 valence electrons. The summed E-state index contributed by atoms with van der Waals surface area (Å²) in [5.74, 6) is -1.56. The molecule has 2 heterocycles. The van der Waals surface area contributed by atoms with Gasteiger partial charge in [-0.05, 0) is 52.0 Å². The van der Waals surface area contributed by atoms with Crippen LogP contribution in [0.1, 0.15) is 62.5 Å². The number of fused-ring (bicyclic) bond motifs is 1. The molecule has 4 aromatic rings. The highest BCUT2D eigenvalue weighted by atomic mass is 16.5. The zero-order valence-electron chi connectivity index (χ0n) is 20.4. The van der Waals surface area contributed by atoms with Gasteiger partial charge in [-0.3, -0.25) is 24.5 Å². The molecule has 0 unspecified atom stereocenters. The summed E-state index contributed by atoms with van der Waals surface area (Å²) in [5, 5.41) is 4.92. The average Bonchev–Trinajstić information content (AvgIpc) is 3.16. The minimum Gasteiger partial charge on any atom is -0.452 e. The van der Waals surface area contributed by atoms with E-state index in [0.29, 0.717) is 33.3 Å². The molecule has 9 heteroatoms. The van der Waals surface area contributed by atoms with Crippen LogP contribution in [0.15, 0.2) is 65.5 Å². The largest absolute Gasteiger partial charge is 0.452 e. The van der Waals surface area contributed by atoms with Crippen molar-refractivity contribution in [2.24, 2.45) is 0 Å². The number of ketones is 1. The van der Waals surface area contributed by atoms with Crippen molar-refractivity contribution < 1.29 is 19.1 Å². The van der Waals surface area contributed by atoms with E-state index in [1.54, 1.807) is 82.3 Å². The van der Waals surface area contributed by atoms with Crippen molar-refractivity contribution in [2.45, 2.75) is 33.7 Å². The Hall–Kier alpha value is -4.53. The number of benzene rings is 2. The molecule has 1 amide bonds. The maximum atomic E-state index is 12.9. The SMILES string of the molecule is Cc1cc(C(=O)COC(=O)c2nn(C(C)C)c(=O)c3ccccc23)c(C)n1NC(=O)c1ccccc1. The first-order chi connectivity index (χ1) is 17.2. The lowest BCUT2D eigenvalue weighted by Crippen LogP contribution is -2.28. The molecule has 0 aliphatic carbocycles. The summed E-state index contributed by atoms with van der Waals surface area (Å²) in [4.78, 5) is 51.1. The van der Waals surface area contributed by atoms with Gasteiger partial charge in [0.2, 0.25) is 5.78 Å². The van der Waals surface area contributed by atoms with Gasteiger partial charge in [-0.15, -0.1) is 0 Å². The fourth-order valence-corrected chi connectivity index (χ4v) is 3.96. The first kappa shape index (κ1) is 24.6. The third-order valence-electron chi connectivity index (χ3n) is 5.83. The first-order valence-corrected chi connectivity index (χ1v) is 11.5. The Kier molecular flexibility index (Phi) is 6.82. The van der Waals surface area contributed by atoms with Crippen LogP contribution < -0.4 is 11.0 Å². The summed E-state index contributed by atoms with van der Waals surface area (Å²) in [6.07, 6.45) is 0. The number of carbonyl (C=O) groups is 3. The lowest BCUT2D eigenvalue weighted by Gasteiger charge is -2.13. The molecule has 0 aliphatic rings. The van der Waals surface area contributed by atoms with Crippen LogP contribution in [0.25, 0.3) is 10.8 Å². The predicted octanol–water partition coefficient (Wildman–Crippen LogP) is 3.82. The molecule has 0 spiro atoms. The smallest absolute Gasteiger partial charge is 0.359 e. The second-order valence-corrected chi connectivity index (χ2v) is 8.66. The number of ether oxygens (including phenoxy) is 1. The Labute approximate surface area is 207 Å². The van der Waals surface area contributed by atoms with Gasteiger partial charge >= 0.3 is 5.97 Å². The molecule has 0 saturated carbocycles.